The Morgan fingerprint density at radius 3 is 2.23 bits per heavy atom. The van der Waals surface area contributed by atoms with Gasteiger partial charge in [-0.3, -0.25) is 14.4 Å². The van der Waals surface area contributed by atoms with Crippen LogP contribution in [0.15, 0.2) is 83.7 Å². The molecule has 7 heteroatoms. The van der Waals surface area contributed by atoms with E-state index < -0.39 is 18.0 Å². The maximum absolute atomic E-state index is 13.2. The molecular formula is C28H26N2O5. The highest BCUT2D eigenvalue weighted by atomic mass is 16.5. The molecule has 35 heavy (non-hydrogen) atoms. The van der Waals surface area contributed by atoms with Crippen molar-refractivity contribution in [3.05, 3.63) is 100 Å². The zero-order valence-corrected chi connectivity index (χ0v) is 19.8. The molecule has 4 rings (SSSR count). The maximum atomic E-state index is 13.2. The van der Waals surface area contributed by atoms with E-state index in [0.29, 0.717) is 22.4 Å². The molecule has 0 radical (unpaired) electrons. The van der Waals surface area contributed by atoms with E-state index in [-0.39, 0.29) is 12.1 Å². The summed E-state index contributed by atoms with van der Waals surface area (Å²) < 4.78 is 12.3. The number of methoxy groups -OCH3 is 1. The Kier molecular flexibility index (Phi) is 6.96. The summed E-state index contributed by atoms with van der Waals surface area (Å²) in [6.07, 6.45) is -1.11. The molecule has 1 atom stereocenters. The molecular weight excluding hydrogens is 444 g/mol. The Balaban J connectivity index is 1.80. The van der Waals surface area contributed by atoms with Crippen molar-refractivity contribution in [2.24, 2.45) is 7.05 Å². The van der Waals surface area contributed by atoms with Gasteiger partial charge in [-0.05, 0) is 23.8 Å². The van der Waals surface area contributed by atoms with Gasteiger partial charge in [-0.2, -0.15) is 0 Å². The number of benzene rings is 3. The third-order valence-corrected chi connectivity index (χ3v) is 5.84. The van der Waals surface area contributed by atoms with Gasteiger partial charge in [0.2, 0.25) is 6.10 Å². The summed E-state index contributed by atoms with van der Waals surface area (Å²) in [5.74, 6) is -0.426. The van der Waals surface area contributed by atoms with Gasteiger partial charge in [0.25, 0.3) is 11.5 Å². The first-order valence-corrected chi connectivity index (χ1v) is 11.2. The smallest absolute Gasteiger partial charge is 0.303 e. The third kappa shape index (κ3) is 4.94. The van der Waals surface area contributed by atoms with Crippen LogP contribution in [-0.2, 0) is 27.9 Å². The molecule has 0 saturated heterocycles. The van der Waals surface area contributed by atoms with E-state index in [9.17, 15) is 14.4 Å². The number of fused-ring (bicyclic) bond motifs is 1. The van der Waals surface area contributed by atoms with Gasteiger partial charge < -0.3 is 19.4 Å². The summed E-state index contributed by atoms with van der Waals surface area (Å²) >= 11 is 0. The molecule has 0 bridgehead atoms. The van der Waals surface area contributed by atoms with E-state index in [4.69, 9.17) is 9.47 Å². The minimum absolute atomic E-state index is 0.0482. The first-order chi connectivity index (χ1) is 16.9. The van der Waals surface area contributed by atoms with Crippen LogP contribution < -0.4 is 15.6 Å². The monoisotopic (exact) mass is 470 g/mol. The molecule has 0 aliphatic heterocycles. The number of amides is 1. The van der Waals surface area contributed by atoms with Crippen LogP contribution in [0.4, 0.5) is 0 Å². The number of ether oxygens (including phenoxy) is 2. The second-order valence-corrected chi connectivity index (χ2v) is 8.08. The number of pyridine rings is 1. The highest BCUT2D eigenvalue weighted by molar-refractivity contribution is 5.98. The van der Waals surface area contributed by atoms with Crippen molar-refractivity contribution in [2.45, 2.75) is 19.6 Å². The zero-order chi connectivity index (χ0) is 24.9. The minimum atomic E-state index is -1.11. The third-order valence-electron chi connectivity index (χ3n) is 5.84. The van der Waals surface area contributed by atoms with Gasteiger partial charge in [-0.25, -0.2) is 0 Å². The SMILES string of the molecule is COc1ccc2c(=O)n(C)c(CNC(=O)[C@H](OC(C)=O)c3ccccc3)c(-c3ccccc3)c2c1. The molecule has 0 saturated carbocycles. The Labute approximate surface area is 202 Å². The van der Waals surface area contributed by atoms with Gasteiger partial charge in [0.15, 0.2) is 0 Å². The molecule has 1 N–H and O–H groups in total. The van der Waals surface area contributed by atoms with Crippen molar-refractivity contribution < 1.29 is 19.1 Å². The van der Waals surface area contributed by atoms with Crippen LogP contribution in [0.3, 0.4) is 0 Å². The summed E-state index contributed by atoms with van der Waals surface area (Å²) in [5.41, 5.74) is 2.69. The van der Waals surface area contributed by atoms with Crippen LogP contribution in [0.1, 0.15) is 24.3 Å². The molecule has 1 amide bonds. The Morgan fingerprint density at radius 1 is 0.943 bits per heavy atom. The van der Waals surface area contributed by atoms with E-state index >= 15 is 0 Å². The van der Waals surface area contributed by atoms with Crippen molar-refractivity contribution in [1.82, 2.24) is 9.88 Å². The first-order valence-electron chi connectivity index (χ1n) is 11.2. The number of aromatic nitrogens is 1. The van der Waals surface area contributed by atoms with Gasteiger partial charge in [-0.15, -0.1) is 0 Å². The summed E-state index contributed by atoms with van der Waals surface area (Å²) in [5, 5.41) is 4.14. The Hall–Kier alpha value is -4.39. The average Bonchev–Trinajstić information content (AvgIpc) is 2.88. The molecule has 0 spiro atoms. The summed E-state index contributed by atoms with van der Waals surface area (Å²) in [6.45, 7) is 1.31. The van der Waals surface area contributed by atoms with Crippen molar-refractivity contribution in [1.29, 1.82) is 0 Å². The van der Waals surface area contributed by atoms with Crippen molar-refractivity contribution in [3.8, 4) is 16.9 Å². The number of nitrogens with zero attached hydrogens (tertiary/aromatic N) is 1. The lowest BCUT2D eigenvalue weighted by atomic mass is 9.96. The predicted molar refractivity (Wildman–Crippen MR) is 134 cm³/mol. The lowest BCUT2D eigenvalue weighted by Gasteiger charge is -2.21. The van der Waals surface area contributed by atoms with Crippen LogP contribution >= 0.6 is 0 Å². The zero-order valence-electron chi connectivity index (χ0n) is 19.8. The molecule has 178 valence electrons. The molecule has 0 aliphatic carbocycles. The predicted octanol–water partition coefficient (Wildman–Crippen LogP) is 4.13. The number of esters is 1. The fourth-order valence-corrected chi connectivity index (χ4v) is 4.13. The summed E-state index contributed by atoms with van der Waals surface area (Å²) in [7, 11) is 3.25. The van der Waals surface area contributed by atoms with Crippen LogP contribution in [0, 0.1) is 0 Å². The lowest BCUT2D eigenvalue weighted by molar-refractivity contribution is -0.154. The van der Waals surface area contributed by atoms with Gasteiger partial charge in [0.1, 0.15) is 5.75 Å². The van der Waals surface area contributed by atoms with E-state index in [2.05, 4.69) is 5.32 Å². The number of nitrogens with one attached hydrogen (secondary N) is 1. The normalized spacial score (nSPS) is 11.6. The quantitative estimate of drug-likeness (QED) is 0.411. The Bertz CT molecular complexity index is 1430. The molecule has 1 heterocycles. The van der Waals surface area contributed by atoms with E-state index in [1.807, 2.05) is 42.5 Å². The second kappa shape index (κ2) is 10.3. The van der Waals surface area contributed by atoms with Crippen molar-refractivity contribution >= 4 is 22.6 Å². The van der Waals surface area contributed by atoms with E-state index in [0.717, 1.165) is 16.5 Å². The van der Waals surface area contributed by atoms with Crippen LogP contribution in [0.25, 0.3) is 21.9 Å². The minimum Gasteiger partial charge on any atom is -0.497 e. The van der Waals surface area contributed by atoms with Gasteiger partial charge in [0, 0.05) is 41.6 Å². The topological polar surface area (TPSA) is 86.6 Å². The van der Waals surface area contributed by atoms with Crippen LogP contribution in [-0.4, -0.2) is 23.6 Å². The second-order valence-electron chi connectivity index (χ2n) is 8.08. The maximum Gasteiger partial charge on any atom is 0.303 e. The average molecular weight is 471 g/mol. The molecule has 0 aliphatic rings. The van der Waals surface area contributed by atoms with Gasteiger partial charge in [-0.1, -0.05) is 60.7 Å². The van der Waals surface area contributed by atoms with Gasteiger partial charge >= 0.3 is 5.97 Å². The number of carbonyl (C=O) groups is 2. The Morgan fingerprint density at radius 2 is 1.60 bits per heavy atom. The highest BCUT2D eigenvalue weighted by Crippen LogP contribution is 2.32. The standard InChI is InChI=1S/C28H26N2O5/c1-18(31)35-26(20-12-8-5-9-13-20)27(32)29-17-24-25(19-10-6-4-7-11-19)23-16-21(34-3)14-15-22(23)28(33)30(24)2/h4-16,26H,17H2,1-3H3,(H,29,32)/t26-/m1/s1. The fourth-order valence-electron chi connectivity index (χ4n) is 4.13. The van der Waals surface area contributed by atoms with Crippen LogP contribution in [0.2, 0.25) is 0 Å². The number of hydrogen-bond donors (Lipinski definition) is 1. The number of rotatable bonds is 7. The van der Waals surface area contributed by atoms with Gasteiger partial charge in [0.05, 0.1) is 13.7 Å². The molecule has 3 aromatic carbocycles. The van der Waals surface area contributed by atoms with E-state index in [1.165, 1.54) is 6.92 Å². The van der Waals surface area contributed by atoms with E-state index in [1.54, 1.807) is 55.1 Å². The van der Waals surface area contributed by atoms with Crippen LogP contribution in [0.5, 0.6) is 5.75 Å². The summed E-state index contributed by atoms with van der Waals surface area (Å²) in [4.78, 5) is 38.1. The highest BCUT2D eigenvalue weighted by Gasteiger charge is 2.25. The number of hydrogen-bond acceptors (Lipinski definition) is 5. The molecule has 7 nitrogen and oxygen atoms in total. The molecule has 0 fully saturated rings. The largest absolute Gasteiger partial charge is 0.497 e. The molecule has 1 aromatic heterocycles. The van der Waals surface area contributed by atoms with Crippen molar-refractivity contribution in [2.75, 3.05) is 7.11 Å². The van der Waals surface area contributed by atoms with Crippen molar-refractivity contribution in [3.63, 3.8) is 0 Å². The molecule has 4 aromatic rings. The lowest BCUT2D eigenvalue weighted by Crippen LogP contribution is -2.34. The fraction of sp³-hybridized carbons (Fsp3) is 0.179. The molecule has 0 unspecified atom stereocenters. The summed E-state index contributed by atoms with van der Waals surface area (Å²) in [6, 6.07) is 23.8. The first kappa shape index (κ1) is 23.8. The number of carbonyl (C=O) groups excluding carboxylic acids is 2.